The molecule has 80 heavy (non-hydrogen) atoms. The maximum absolute atomic E-state index is 13.8. The number of benzene rings is 1. The van der Waals surface area contributed by atoms with E-state index in [0.717, 1.165) is 132 Å². The van der Waals surface area contributed by atoms with Gasteiger partial charge in [0, 0.05) is 75.2 Å². The zero-order chi connectivity index (χ0) is 55.6. The van der Waals surface area contributed by atoms with Gasteiger partial charge in [-0.2, -0.15) is 14.9 Å². The molecular formula is C58H83N15O7. The molecule has 2 saturated heterocycles. The minimum Gasteiger partial charge on any atom is -0.618 e. The van der Waals surface area contributed by atoms with Crippen molar-refractivity contribution in [2.24, 2.45) is 0 Å². The van der Waals surface area contributed by atoms with Gasteiger partial charge in [-0.3, -0.25) is 28.5 Å². The molecule has 22 heteroatoms. The van der Waals surface area contributed by atoms with Crippen molar-refractivity contribution in [2.75, 3.05) is 60.0 Å². The predicted molar refractivity (Wildman–Crippen MR) is 301 cm³/mol. The molecule has 0 bridgehead atoms. The summed E-state index contributed by atoms with van der Waals surface area (Å²) in [6, 6.07) is 14.5. The van der Waals surface area contributed by atoms with Crippen LogP contribution in [0.5, 0.6) is 11.5 Å². The Hall–Kier alpha value is -6.94. The summed E-state index contributed by atoms with van der Waals surface area (Å²) in [5, 5.41) is 48.1. The second-order valence-corrected chi connectivity index (χ2v) is 22.3. The minimum atomic E-state index is -0.345. The summed E-state index contributed by atoms with van der Waals surface area (Å²) in [5.41, 5.74) is 3.33. The van der Waals surface area contributed by atoms with Crippen molar-refractivity contribution in [1.82, 2.24) is 71.3 Å². The number of likely N-dealkylation sites (tertiary alicyclic amines) is 2. The average Bonchev–Trinajstić information content (AvgIpc) is 4.43. The highest BCUT2D eigenvalue weighted by molar-refractivity contribution is 5.95. The van der Waals surface area contributed by atoms with Crippen LogP contribution in [-0.4, -0.2) is 152 Å². The lowest BCUT2D eigenvalue weighted by Crippen LogP contribution is -2.45. The van der Waals surface area contributed by atoms with Gasteiger partial charge in [-0.25, -0.2) is 5.10 Å². The van der Waals surface area contributed by atoms with Gasteiger partial charge in [0.05, 0.1) is 37.6 Å². The van der Waals surface area contributed by atoms with Crippen LogP contribution < -0.4 is 35.5 Å². The Morgan fingerprint density at radius 3 is 1.74 bits per heavy atom. The number of ether oxygens (including phenoxy) is 2. The van der Waals surface area contributed by atoms with E-state index in [1.165, 1.54) is 44.7 Å². The number of pyridine rings is 1. The molecule has 5 aliphatic rings. The highest BCUT2D eigenvalue weighted by Crippen LogP contribution is 2.42. The molecule has 432 valence electrons. The van der Waals surface area contributed by atoms with Gasteiger partial charge in [0.15, 0.2) is 17.6 Å². The molecule has 4 amide bonds. The van der Waals surface area contributed by atoms with Crippen molar-refractivity contribution in [3.8, 4) is 34.1 Å². The van der Waals surface area contributed by atoms with Crippen LogP contribution in [0.4, 0.5) is 0 Å². The standard InChI is InChI=1S/C30H43N9O4.C28H40N6O3/c1-42-25-11-8-12-26(43-2)29(25)24-20-23(35-39(24)22-9-4-5-10-22)30(41)32-21(14-18-38-16-6-3-7-17-38)19-28(40)31-15-13-27-33-36-37-34-27;35-27(29-21-9-8-10-21)19-22(14-18-32-15-5-1-6-16-32)30-28(36)24-20-26(25-13-4-7-17-33(25)37)34(31-24)23-11-2-3-12-23/h8,11-12,20-22H,3-7,9-10,13-19H2,1-2H3,(H,31,40)(H,32,41)(H,33,34,36,37);4,7,13,17,20-23H,1-3,5-6,8-12,14-16,18-19H2,(H,29,35)(H,30,36)/t21-;22-/m00/s1. The highest BCUT2D eigenvalue weighted by atomic mass is 16.5. The highest BCUT2D eigenvalue weighted by Gasteiger charge is 2.31. The number of hydrogen-bond donors (Lipinski definition) is 5. The molecule has 2 atom stereocenters. The summed E-state index contributed by atoms with van der Waals surface area (Å²) < 4.78 is 16.1. The summed E-state index contributed by atoms with van der Waals surface area (Å²) in [6.45, 7) is 6.35. The zero-order valence-electron chi connectivity index (χ0n) is 46.9. The summed E-state index contributed by atoms with van der Waals surface area (Å²) in [7, 11) is 3.26. The molecule has 1 aromatic carbocycles. The SMILES string of the molecule is COc1cccc(OC)c1-c1cc(C(=O)N[C@@H](CCN2CCCCC2)CC(=O)NCCc2nnn[nH]2)nn1C1CCCC1.O=C(C[C@H](CCN1CCCCC1)NC(=O)c1cc(-c2cccc[n+]2[O-])n(C2CCCC2)n1)NC1CCC1. The van der Waals surface area contributed by atoms with Crippen LogP contribution in [0, 0.1) is 5.21 Å². The molecule has 0 spiro atoms. The maximum Gasteiger partial charge on any atom is 0.272 e. The fourth-order valence-corrected chi connectivity index (χ4v) is 11.9. The number of carbonyl (C=O) groups is 4. The minimum absolute atomic E-state index is 0.00232. The molecule has 0 unspecified atom stereocenters. The Kier molecular flexibility index (Phi) is 20.9. The van der Waals surface area contributed by atoms with E-state index in [0.29, 0.717) is 59.5 Å². The Bertz CT molecular complexity index is 2750. The third kappa shape index (κ3) is 15.7. The van der Waals surface area contributed by atoms with E-state index < -0.39 is 0 Å². The Morgan fingerprint density at radius 2 is 1.23 bits per heavy atom. The van der Waals surface area contributed by atoms with E-state index in [-0.39, 0.29) is 66.7 Å². The van der Waals surface area contributed by atoms with Gasteiger partial charge in [0.2, 0.25) is 17.5 Å². The molecule has 2 aliphatic heterocycles. The number of carbonyl (C=O) groups excluding carboxylic acids is 4. The predicted octanol–water partition coefficient (Wildman–Crippen LogP) is 6.25. The molecule has 10 rings (SSSR count). The zero-order valence-corrected chi connectivity index (χ0v) is 46.9. The lowest BCUT2D eigenvalue weighted by atomic mass is 9.93. The first-order valence-corrected chi connectivity index (χ1v) is 29.6. The van der Waals surface area contributed by atoms with Gasteiger partial charge >= 0.3 is 0 Å². The summed E-state index contributed by atoms with van der Waals surface area (Å²) in [5.74, 6) is 1.21. The number of aromatic nitrogens is 9. The van der Waals surface area contributed by atoms with Crippen LogP contribution in [-0.2, 0) is 16.0 Å². The molecule has 5 fully saturated rings. The quantitative estimate of drug-likeness (QED) is 0.0338. The number of piperidine rings is 2. The lowest BCUT2D eigenvalue weighted by molar-refractivity contribution is -0.593. The number of aromatic amines is 1. The summed E-state index contributed by atoms with van der Waals surface area (Å²) >= 11 is 0. The number of rotatable bonds is 24. The molecule has 3 aliphatic carbocycles. The van der Waals surface area contributed by atoms with Crippen molar-refractivity contribution in [3.63, 3.8) is 0 Å². The van der Waals surface area contributed by atoms with Gasteiger partial charge in [-0.1, -0.05) is 44.6 Å². The molecule has 5 aromatic rings. The van der Waals surface area contributed by atoms with Crippen molar-refractivity contribution >= 4 is 23.6 Å². The Morgan fingerprint density at radius 1 is 0.675 bits per heavy atom. The van der Waals surface area contributed by atoms with Crippen LogP contribution in [0.1, 0.15) is 174 Å². The first-order valence-electron chi connectivity index (χ1n) is 29.6. The molecule has 6 heterocycles. The number of amides is 4. The average molecular weight is 1100 g/mol. The number of tetrazole rings is 1. The van der Waals surface area contributed by atoms with E-state index in [2.05, 4.69) is 51.7 Å². The normalized spacial score (nSPS) is 18.1. The van der Waals surface area contributed by atoms with Crippen molar-refractivity contribution in [1.29, 1.82) is 0 Å². The van der Waals surface area contributed by atoms with E-state index in [9.17, 15) is 24.4 Å². The summed E-state index contributed by atoms with van der Waals surface area (Å²) in [4.78, 5) is 57.7. The third-order valence-electron chi connectivity index (χ3n) is 16.6. The van der Waals surface area contributed by atoms with Crippen LogP contribution in [0.3, 0.4) is 0 Å². The fourth-order valence-electron chi connectivity index (χ4n) is 11.9. The lowest BCUT2D eigenvalue weighted by Gasteiger charge is -2.29. The number of hydrogen-bond acceptors (Lipinski definition) is 14. The van der Waals surface area contributed by atoms with Crippen LogP contribution >= 0.6 is 0 Å². The van der Waals surface area contributed by atoms with Gasteiger partial charge in [0.1, 0.15) is 23.0 Å². The number of nitrogens with zero attached hydrogens (tertiary/aromatic N) is 10. The number of H-pyrrole nitrogens is 1. The van der Waals surface area contributed by atoms with Crippen LogP contribution in [0.2, 0.25) is 0 Å². The fraction of sp³-hybridized carbons (Fsp3) is 0.621. The van der Waals surface area contributed by atoms with Gasteiger partial charge < -0.3 is 45.7 Å². The largest absolute Gasteiger partial charge is 0.618 e. The molecule has 0 radical (unpaired) electrons. The van der Waals surface area contributed by atoms with Gasteiger partial charge in [0.25, 0.3) is 11.8 Å². The molecule has 4 aromatic heterocycles. The maximum atomic E-state index is 13.8. The summed E-state index contributed by atoms with van der Waals surface area (Å²) in [6.07, 6.45) is 22.8. The molecule has 5 N–H and O–H groups in total. The molecule has 3 saturated carbocycles. The second kappa shape index (κ2) is 29.0. The van der Waals surface area contributed by atoms with Crippen molar-refractivity contribution in [3.05, 3.63) is 77.1 Å². The van der Waals surface area contributed by atoms with E-state index in [1.54, 1.807) is 32.4 Å². The monoisotopic (exact) mass is 1100 g/mol. The van der Waals surface area contributed by atoms with Crippen LogP contribution in [0.15, 0.2) is 54.7 Å². The third-order valence-corrected chi connectivity index (χ3v) is 16.6. The Balaban J connectivity index is 0.000000196. The van der Waals surface area contributed by atoms with Crippen molar-refractivity contribution < 1.29 is 33.4 Å². The van der Waals surface area contributed by atoms with Gasteiger partial charge in [-0.15, -0.1) is 5.10 Å². The van der Waals surface area contributed by atoms with E-state index >= 15 is 0 Å². The van der Waals surface area contributed by atoms with Crippen LogP contribution in [0.25, 0.3) is 22.6 Å². The number of nitrogens with one attached hydrogen (secondary N) is 5. The topological polar surface area (TPSA) is 258 Å². The smallest absolute Gasteiger partial charge is 0.272 e. The Labute approximate surface area is 469 Å². The first-order chi connectivity index (χ1) is 39.1. The number of methoxy groups -OCH3 is 2. The van der Waals surface area contributed by atoms with Crippen molar-refractivity contribution in [2.45, 2.75) is 171 Å². The van der Waals surface area contributed by atoms with E-state index in [4.69, 9.17) is 19.7 Å². The molecular weight excluding hydrogens is 1020 g/mol. The second-order valence-electron chi connectivity index (χ2n) is 22.3. The van der Waals surface area contributed by atoms with E-state index in [1.807, 2.05) is 39.7 Å². The first kappa shape index (κ1) is 57.7. The molecule has 22 nitrogen and oxygen atoms in total. The van der Waals surface area contributed by atoms with Gasteiger partial charge in [-0.05, 0) is 144 Å².